The number of amides is 1. The van der Waals surface area contributed by atoms with E-state index in [1.807, 2.05) is 32.6 Å². The van der Waals surface area contributed by atoms with E-state index in [4.69, 9.17) is 11.6 Å². The standard InChI is InChI=1S/C16H26ClN3O/c1-6-7-8-9-20(12(4)5)16(21)14-13(17)10-18-15(19-14)11(2)3/h10-12H,6-9H2,1-5H3. The van der Waals surface area contributed by atoms with Crippen LogP contribution in [-0.4, -0.2) is 33.4 Å². The molecule has 0 bridgehead atoms. The minimum absolute atomic E-state index is 0.101. The van der Waals surface area contributed by atoms with Gasteiger partial charge in [0.05, 0.1) is 11.2 Å². The highest BCUT2D eigenvalue weighted by molar-refractivity contribution is 6.33. The fourth-order valence-electron chi connectivity index (χ4n) is 2.07. The number of hydrogen-bond donors (Lipinski definition) is 0. The minimum atomic E-state index is -0.101. The molecule has 118 valence electrons. The van der Waals surface area contributed by atoms with Crippen LogP contribution in [0.5, 0.6) is 0 Å². The lowest BCUT2D eigenvalue weighted by Crippen LogP contribution is -2.38. The molecule has 0 saturated carbocycles. The van der Waals surface area contributed by atoms with Gasteiger partial charge in [-0.2, -0.15) is 0 Å². The van der Waals surface area contributed by atoms with Gasteiger partial charge >= 0.3 is 0 Å². The van der Waals surface area contributed by atoms with E-state index in [0.717, 1.165) is 25.8 Å². The third kappa shape index (κ3) is 4.95. The Hall–Kier alpha value is -1.16. The van der Waals surface area contributed by atoms with E-state index < -0.39 is 0 Å². The second kappa shape index (κ2) is 8.32. The first-order valence-electron chi connectivity index (χ1n) is 7.71. The molecule has 0 aromatic carbocycles. The Balaban J connectivity index is 3.00. The van der Waals surface area contributed by atoms with Gasteiger partial charge in [-0.15, -0.1) is 0 Å². The van der Waals surface area contributed by atoms with Crippen LogP contribution >= 0.6 is 11.6 Å². The van der Waals surface area contributed by atoms with Crippen LogP contribution in [0, 0.1) is 0 Å². The van der Waals surface area contributed by atoms with Crippen molar-refractivity contribution in [3.05, 3.63) is 22.7 Å². The van der Waals surface area contributed by atoms with Crippen molar-refractivity contribution in [3.63, 3.8) is 0 Å². The molecule has 0 saturated heterocycles. The molecule has 0 spiro atoms. The molecule has 0 aliphatic rings. The molecule has 1 aromatic rings. The van der Waals surface area contributed by atoms with E-state index in [1.165, 1.54) is 6.20 Å². The van der Waals surface area contributed by atoms with Crippen LogP contribution in [0.15, 0.2) is 6.20 Å². The van der Waals surface area contributed by atoms with Gasteiger partial charge in [0.25, 0.3) is 5.91 Å². The van der Waals surface area contributed by atoms with E-state index in [1.54, 1.807) is 0 Å². The summed E-state index contributed by atoms with van der Waals surface area (Å²) in [6.45, 7) is 10.9. The summed E-state index contributed by atoms with van der Waals surface area (Å²) >= 11 is 6.13. The van der Waals surface area contributed by atoms with Crippen molar-refractivity contribution in [2.24, 2.45) is 0 Å². The van der Waals surface area contributed by atoms with Crippen LogP contribution in [0.25, 0.3) is 0 Å². The summed E-state index contributed by atoms with van der Waals surface area (Å²) in [6.07, 6.45) is 4.78. The second-order valence-electron chi connectivity index (χ2n) is 5.88. The van der Waals surface area contributed by atoms with Gasteiger partial charge in [-0.05, 0) is 20.3 Å². The highest BCUT2D eigenvalue weighted by Gasteiger charge is 2.23. The average molecular weight is 312 g/mol. The van der Waals surface area contributed by atoms with Crippen LogP contribution in [-0.2, 0) is 0 Å². The Bertz CT molecular complexity index is 475. The first-order valence-corrected chi connectivity index (χ1v) is 8.09. The summed E-state index contributed by atoms with van der Waals surface area (Å²) < 4.78 is 0. The maximum absolute atomic E-state index is 12.7. The van der Waals surface area contributed by atoms with Crippen LogP contribution < -0.4 is 0 Å². The first-order chi connectivity index (χ1) is 9.88. The fourth-order valence-corrected chi connectivity index (χ4v) is 2.24. The topological polar surface area (TPSA) is 46.1 Å². The maximum atomic E-state index is 12.7. The van der Waals surface area contributed by atoms with Crippen LogP contribution in [0.4, 0.5) is 0 Å². The Morgan fingerprint density at radius 2 is 1.95 bits per heavy atom. The van der Waals surface area contributed by atoms with Gasteiger partial charge in [-0.25, -0.2) is 9.97 Å². The van der Waals surface area contributed by atoms with Crippen LogP contribution in [0.2, 0.25) is 5.02 Å². The first kappa shape index (κ1) is 17.9. The number of aromatic nitrogens is 2. The molecule has 0 unspecified atom stereocenters. The monoisotopic (exact) mass is 311 g/mol. The third-order valence-electron chi connectivity index (χ3n) is 3.37. The maximum Gasteiger partial charge on any atom is 0.274 e. The summed E-state index contributed by atoms with van der Waals surface area (Å²) in [5, 5.41) is 0.325. The SMILES string of the molecule is CCCCCN(C(=O)c1nc(C(C)C)ncc1Cl)C(C)C. The molecule has 1 heterocycles. The van der Waals surface area contributed by atoms with Crippen LogP contribution in [0.3, 0.4) is 0 Å². The molecule has 1 aromatic heterocycles. The van der Waals surface area contributed by atoms with E-state index in [0.29, 0.717) is 16.5 Å². The van der Waals surface area contributed by atoms with E-state index in [2.05, 4.69) is 16.9 Å². The number of carbonyl (C=O) groups is 1. The normalized spacial score (nSPS) is 11.2. The lowest BCUT2D eigenvalue weighted by molar-refractivity contribution is 0.0696. The molecule has 0 radical (unpaired) electrons. The molecule has 21 heavy (non-hydrogen) atoms. The van der Waals surface area contributed by atoms with Crippen LogP contribution in [0.1, 0.15) is 76.1 Å². The van der Waals surface area contributed by atoms with Gasteiger partial charge in [0.1, 0.15) is 5.82 Å². The number of halogens is 1. The van der Waals surface area contributed by atoms with Crippen molar-refractivity contribution < 1.29 is 4.79 Å². The van der Waals surface area contributed by atoms with Gasteiger partial charge in [-0.1, -0.05) is 45.2 Å². The number of nitrogens with zero attached hydrogens (tertiary/aromatic N) is 3. The number of carbonyl (C=O) groups excluding carboxylic acids is 1. The molecular weight excluding hydrogens is 286 g/mol. The highest BCUT2D eigenvalue weighted by atomic mass is 35.5. The Kier molecular flexibility index (Phi) is 7.09. The summed E-state index contributed by atoms with van der Waals surface area (Å²) in [4.78, 5) is 23.1. The average Bonchev–Trinajstić information content (AvgIpc) is 2.42. The van der Waals surface area contributed by atoms with Gasteiger partial charge < -0.3 is 4.90 Å². The largest absolute Gasteiger partial charge is 0.335 e. The van der Waals surface area contributed by atoms with E-state index in [9.17, 15) is 4.79 Å². The summed E-state index contributed by atoms with van der Waals surface area (Å²) in [5.41, 5.74) is 0.320. The van der Waals surface area contributed by atoms with Crippen molar-refractivity contribution >= 4 is 17.5 Å². The predicted molar refractivity (Wildman–Crippen MR) is 86.8 cm³/mol. The molecule has 5 heteroatoms. The van der Waals surface area contributed by atoms with Crippen molar-refractivity contribution in [1.82, 2.24) is 14.9 Å². The predicted octanol–water partition coefficient (Wildman–Crippen LogP) is 4.29. The molecule has 1 amide bonds. The highest BCUT2D eigenvalue weighted by Crippen LogP contribution is 2.19. The lowest BCUT2D eigenvalue weighted by Gasteiger charge is -2.27. The zero-order chi connectivity index (χ0) is 16.0. The van der Waals surface area contributed by atoms with Crippen molar-refractivity contribution in [3.8, 4) is 0 Å². The molecule has 0 atom stereocenters. The third-order valence-corrected chi connectivity index (χ3v) is 3.65. The van der Waals surface area contributed by atoms with Crippen molar-refractivity contribution in [1.29, 1.82) is 0 Å². The smallest absolute Gasteiger partial charge is 0.274 e. The zero-order valence-corrected chi connectivity index (χ0v) is 14.4. The summed E-state index contributed by atoms with van der Waals surface area (Å²) in [5.74, 6) is 0.719. The number of rotatable bonds is 7. The van der Waals surface area contributed by atoms with Crippen molar-refractivity contribution in [2.75, 3.05) is 6.54 Å². The quantitative estimate of drug-likeness (QED) is 0.705. The van der Waals surface area contributed by atoms with Gasteiger partial charge in [0, 0.05) is 18.5 Å². The second-order valence-corrected chi connectivity index (χ2v) is 6.29. The molecule has 4 nitrogen and oxygen atoms in total. The minimum Gasteiger partial charge on any atom is -0.335 e. The molecule has 0 aliphatic heterocycles. The van der Waals surface area contributed by atoms with Gasteiger partial charge in [0.15, 0.2) is 5.69 Å². The summed E-state index contributed by atoms with van der Waals surface area (Å²) in [7, 11) is 0. The zero-order valence-electron chi connectivity index (χ0n) is 13.7. The Labute approximate surface area is 132 Å². The summed E-state index contributed by atoms with van der Waals surface area (Å²) in [6, 6.07) is 0.128. The Morgan fingerprint density at radius 1 is 1.29 bits per heavy atom. The molecule has 0 fully saturated rings. The van der Waals surface area contributed by atoms with Gasteiger partial charge in [0.2, 0.25) is 0 Å². The Morgan fingerprint density at radius 3 is 2.48 bits per heavy atom. The molecule has 0 aliphatic carbocycles. The van der Waals surface area contributed by atoms with Crippen molar-refractivity contribution in [2.45, 2.75) is 65.8 Å². The number of unbranched alkanes of at least 4 members (excludes halogenated alkanes) is 2. The van der Waals surface area contributed by atoms with Gasteiger partial charge in [-0.3, -0.25) is 4.79 Å². The molecule has 1 rings (SSSR count). The molecular formula is C16H26ClN3O. The van der Waals surface area contributed by atoms with E-state index in [-0.39, 0.29) is 17.9 Å². The lowest BCUT2D eigenvalue weighted by atomic mass is 10.2. The van der Waals surface area contributed by atoms with E-state index >= 15 is 0 Å². The molecule has 0 N–H and O–H groups in total. The number of hydrogen-bond acceptors (Lipinski definition) is 3. The fraction of sp³-hybridized carbons (Fsp3) is 0.688.